The quantitative estimate of drug-likeness (QED) is 0.544. The average molecular weight is 229 g/mol. The van der Waals surface area contributed by atoms with E-state index in [1.54, 1.807) is 0 Å². The van der Waals surface area contributed by atoms with Gasteiger partial charge in [0, 0.05) is 23.8 Å². The third kappa shape index (κ3) is 4.90. The van der Waals surface area contributed by atoms with Crippen LogP contribution < -0.4 is 4.57 Å². The van der Waals surface area contributed by atoms with Crippen molar-refractivity contribution in [2.75, 3.05) is 5.75 Å². The molecule has 0 amide bonds. The van der Waals surface area contributed by atoms with Crippen LogP contribution in [0.1, 0.15) is 18.9 Å². The topological polar surface area (TPSA) is 61.1 Å². The lowest BCUT2D eigenvalue weighted by Gasteiger charge is -2.04. The van der Waals surface area contributed by atoms with Gasteiger partial charge in [0.15, 0.2) is 12.4 Å². The molecule has 0 aliphatic rings. The Morgan fingerprint density at radius 3 is 2.80 bits per heavy atom. The fourth-order valence-electron chi connectivity index (χ4n) is 1.35. The Hall–Kier alpha value is -0.940. The van der Waals surface area contributed by atoms with Crippen LogP contribution in [0.15, 0.2) is 24.5 Å². The first-order valence-corrected chi connectivity index (χ1v) is 6.50. The molecule has 0 fully saturated rings. The van der Waals surface area contributed by atoms with Gasteiger partial charge >= 0.3 is 0 Å². The van der Waals surface area contributed by atoms with Gasteiger partial charge in [-0.25, -0.2) is 13.0 Å². The second-order valence-corrected chi connectivity index (χ2v) is 4.94. The van der Waals surface area contributed by atoms with Crippen LogP contribution in [0.2, 0.25) is 0 Å². The predicted octanol–water partition coefficient (Wildman–Crippen LogP) is 0.472. The van der Waals surface area contributed by atoms with Crippen LogP contribution in [-0.4, -0.2) is 18.7 Å². The molecule has 0 N–H and O–H groups in total. The number of pyridine rings is 1. The predicted molar refractivity (Wildman–Crippen MR) is 55.2 cm³/mol. The van der Waals surface area contributed by atoms with E-state index in [9.17, 15) is 13.0 Å². The molecule has 0 spiro atoms. The number of rotatable bonds is 5. The van der Waals surface area contributed by atoms with E-state index in [1.165, 1.54) is 5.56 Å². The largest absolute Gasteiger partial charge is 0.748 e. The van der Waals surface area contributed by atoms with Gasteiger partial charge in [-0.3, -0.25) is 0 Å². The highest BCUT2D eigenvalue weighted by Crippen LogP contribution is 1.95. The van der Waals surface area contributed by atoms with Crippen LogP contribution in [0.25, 0.3) is 0 Å². The fraction of sp³-hybridized carbons (Fsp3) is 0.500. The minimum absolute atomic E-state index is 0.295. The van der Waals surface area contributed by atoms with Gasteiger partial charge in [0.25, 0.3) is 0 Å². The van der Waals surface area contributed by atoms with Gasteiger partial charge in [0.1, 0.15) is 6.54 Å². The van der Waals surface area contributed by atoms with Crippen LogP contribution >= 0.6 is 0 Å². The number of aromatic nitrogens is 1. The summed E-state index contributed by atoms with van der Waals surface area (Å²) in [6, 6.07) is 3.94. The number of hydrogen-bond donors (Lipinski definition) is 0. The molecule has 1 heterocycles. The lowest BCUT2D eigenvalue weighted by atomic mass is 10.2. The summed E-state index contributed by atoms with van der Waals surface area (Å²) in [5, 5.41) is 0. The molecular formula is C10H15NO3S. The summed E-state index contributed by atoms with van der Waals surface area (Å²) in [6.07, 6.45) is 5.15. The van der Waals surface area contributed by atoms with Crippen LogP contribution in [-0.2, 0) is 23.1 Å². The Balaban J connectivity index is 2.51. The third-order valence-corrected chi connectivity index (χ3v) is 2.93. The first-order chi connectivity index (χ1) is 7.01. The molecule has 0 aromatic carbocycles. The van der Waals surface area contributed by atoms with Crippen LogP contribution in [0.3, 0.4) is 0 Å². The van der Waals surface area contributed by atoms with Gasteiger partial charge in [0.05, 0.1) is 10.1 Å². The van der Waals surface area contributed by atoms with E-state index in [0.717, 1.165) is 6.42 Å². The minimum Gasteiger partial charge on any atom is -0.748 e. The van der Waals surface area contributed by atoms with Gasteiger partial charge < -0.3 is 4.55 Å². The van der Waals surface area contributed by atoms with Crippen LogP contribution in [0.4, 0.5) is 0 Å². The summed E-state index contributed by atoms with van der Waals surface area (Å²) in [7, 11) is -4.07. The highest BCUT2D eigenvalue weighted by atomic mass is 32.2. The van der Waals surface area contributed by atoms with Gasteiger partial charge in [-0.15, -0.1) is 0 Å². The Morgan fingerprint density at radius 1 is 1.47 bits per heavy atom. The molecule has 1 rings (SSSR count). The molecule has 0 aliphatic heterocycles. The molecule has 4 nitrogen and oxygen atoms in total. The Labute approximate surface area is 90.3 Å². The van der Waals surface area contributed by atoms with Gasteiger partial charge in [0.2, 0.25) is 0 Å². The zero-order valence-corrected chi connectivity index (χ0v) is 9.53. The first kappa shape index (κ1) is 12.1. The number of nitrogens with zero attached hydrogens (tertiary/aromatic N) is 1. The van der Waals surface area contributed by atoms with Gasteiger partial charge in [-0.1, -0.05) is 6.92 Å². The summed E-state index contributed by atoms with van der Waals surface area (Å²) in [5.41, 5.74) is 1.20. The molecule has 5 heteroatoms. The van der Waals surface area contributed by atoms with Gasteiger partial charge in [-0.2, -0.15) is 0 Å². The maximum Gasteiger partial charge on any atom is 0.171 e. The fourth-order valence-corrected chi connectivity index (χ4v) is 1.83. The summed E-state index contributed by atoms with van der Waals surface area (Å²) < 4.78 is 33.0. The summed E-state index contributed by atoms with van der Waals surface area (Å²) in [5.74, 6) is -0.295. The lowest BCUT2D eigenvalue weighted by molar-refractivity contribution is -0.697. The molecule has 0 saturated carbocycles. The molecule has 0 bridgehead atoms. The zero-order valence-electron chi connectivity index (χ0n) is 8.72. The molecule has 0 radical (unpaired) electrons. The Bertz CT molecular complexity index is 414. The van der Waals surface area contributed by atoms with Crippen molar-refractivity contribution in [3.63, 3.8) is 0 Å². The van der Waals surface area contributed by atoms with E-state index < -0.39 is 10.1 Å². The van der Waals surface area contributed by atoms with E-state index >= 15 is 0 Å². The molecule has 0 atom stereocenters. The minimum atomic E-state index is -4.07. The second kappa shape index (κ2) is 5.23. The summed E-state index contributed by atoms with van der Waals surface area (Å²) in [4.78, 5) is 0. The van der Waals surface area contributed by atoms with Crippen molar-refractivity contribution in [2.24, 2.45) is 0 Å². The molecule has 0 unspecified atom stereocenters. The van der Waals surface area contributed by atoms with Crippen molar-refractivity contribution in [3.05, 3.63) is 30.1 Å². The smallest absolute Gasteiger partial charge is 0.171 e. The molecule has 0 saturated heterocycles. The number of aryl methyl sites for hydroxylation is 2. The lowest BCUT2D eigenvalue weighted by Crippen LogP contribution is -2.34. The normalized spacial score (nSPS) is 11.6. The monoisotopic (exact) mass is 229 g/mol. The standard InChI is InChI=1S/C10H15NO3S/c1-2-10-5-3-6-11(9-10)7-4-8-15(12,13)14/h3,5-6,9H,2,4,7-8H2,1H3. The first-order valence-electron chi connectivity index (χ1n) is 4.93. The van der Waals surface area contributed by atoms with Crippen molar-refractivity contribution < 1.29 is 17.5 Å². The molecule has 15 heavy (non-hydrogen) atoms. The summed E-state index contributed by atoms with van der Waals surface area (Å²) >= 11 is 0. The molecule has 0 aliphatic carbocycles. The zero-order chi connectivity index (χ0) is 11.3. The van der Waals surface area contributed by atoms with E-state index in [0.29, 0.717) is 13.0 Å². The Kier molecular flexibility index (Phi) is 4.23. The Morgan fingerprint density at radius 2 is 2.20 bits per heavy atom. The summed E-state index contributed by atoms with van der Waals surface area (Å²) in [6.45, 7) is 2.62. The molecular weight excluding hydrogens is 214 g/mol. The van der Waals surface area contributed by atoms with Crippen molar-refractivity contribution in [1.29, 1.82) is 0 Å². The second-order valence-electron chi connectivity index (χ2n) is 3.42. The SMILES string of the molecule is CCc1ccc[n+](CCCS(=O)(=O)[O-])c1. The number of hydrogen-bond acceptors (Lipinski definition) is 3. The highest BCUT2D eigenvalue weighted by Gasteiger charge is 2.03. The maximum atomic E-state index is 10.4. The van der Waals surface area contributed by atoms with E-state index in [2.05, 4.69) is 6.92 Å². The van der Waals surface area contributed by atoms with Crippen LogP contribution in [0, 0.1) is 0 Å². The molecule has 1 aromatic heterocycles. The van der Waals surface area contributed by atoms with E-state index in [-0.39, 0.29) is 5.75 Å². The maximum absolute atomic E-state index is 10.4. The molecule has 84 valence electrons. The third-order valence-electron chi connectivity index (χ3n) is 2.14. The van der Waals surface area contributed by atoms with Gasteiger partial charge in [-0.05, 0) is 12.5 Å². The highest BCUT2D eigenvalue weighted by molar-refractivity contribution is 7.85. The average Bonchev–Trinajstić information content (AvgIpc) is 2.16. The van der Waals surface area contributed by atoms with Crippen molar-refractivity contribution >= 4 is 10.1 Å². The van der Waals surface area contributed by atoms with Crippen LogP contribution in [0.5, 0.6) is 0 Å². The van der Waals surface area contributed by atoms with Crippen molar-refractivity contribution in [2.45, 2.75) is 26.3 Å². The van der Waals surface area contributed by atoms with Crippen molar-refractivity contribution in [1.82, 2.24) is 0 Å². The van der Waals surface area contributed by atoms with Crippen molar-refractivity contribution in [3.8, 4) is 0 Å². The van der Waals surface area contributed by atoms with E-state index in [4.69, 9.17) is 0 Å². The molecule has 1 aromatic rings. The van der Waals surface area contributed by atoms with E-state index in [1.807, 2.05) is 29.1 Å².